The smallest absolute Gasteiger partial charge is 0.503 e. The molecule has 52 heavy (non-hydrogen) atoms. The Bertz CT molecular complexity index is 2380. The van der Waals surface area contributed by atoms with Gasteiger partial charge in [0.2, 0.25) is 0 Å². The van der Waals surface area contributed by atoms with Crippen molar-refractivity contribution in [3.05, 3.63) is 179 Å². The van der Waals surface area contributed by atoms with Gasteiger partial charge in [0.1, 0.15) is 5.82 Å². The molecule has 0 saturated carbocycles. The van der Waals surface area contributed by atoms with Crippen molar-refractivity contribution in [2.24, 2.45) is 0 Å². The van der Waals surface area contributed by atoms with Gasteiger partial charge >= 0.3 is 21.1 Å². The molecule has 0 saturated heterocycles. The Balaban J connectivity index is 0.00000420. The maximum atomic E-state index is 13.8. The van der Waals surface area contributed by atoms with Crippen molar-refractivity contribution in [3.63, 3.8) is 0 Å². The fraction of sp³-hybridized carbons (Fsp3) is 0.191. The van der Waals surface area contributed by atoms with Crippen molar-refractivity contribution in [2.45, 2.75) is 57.8 Å². The first kappa shape index (κ1) is 35.5. The first-order valence-electron chi connectivity index (χ1n) is 17.4. The van der Waals surface area contributed by atoms with Gasteiger partial charge in [0.15, 0.2) is 0 Å². The molecule has 0 aliphatic heterocycles. The second-order valence-electron chi connectivity index (χ2n) is 15.5. The minimum atomic E-state index is -0.742. The molecule has 0 N–H and O–H groups in total. The topological polar surface area (TPSA) is 35.0 Å². The standard InChI is InChI=1S/C47H39FN2O.Pt/c1-45(2,3)32-17-20-38-39-21-18-33(46(4,5)6)29-41(39)47(40(38)28-32,44-15-7-8-24-49-44)34-12-10-14-37(27-34)51-36-13-9-11-30(26-36)42-22-16-31-25-35(48)19-23-43(31)50-42;/h7-25,28-29H,1-6H3;/q-2;+2. The maximum Gasteiger partial charge on any atom is 2.00 e. The summed E-state index contributed by atoms with van der Waals surface area (Å²) in [5.41, 5.74) is 10.6. The molecule has 0 atom stereocenters. The van der Waals surface area contributed by atoms with Crippen molar-refractivity contribution in [1.82, 2.24) is 9.97 Å². The molecule has 260 valence electrons. The molecule has 0 amide bonds. The van der Waals surface area contributed by atoms with E-state index in [2.05, 4.69) is 108 Å². The third-order valence-electron chi connectivity index (χ3n) is 10.0. The van der Waals surface area contributed by atoms with Crippen LogP contribution in [0.25, 0.3) is 33.3 Å². The van der Waals surface area contributed by atoms with Crippen LogP contribution in [0, 0.1) is 17.9 Å². The molecule has 5 heteroatoms. The summed E-state index contributed by atoms with van der Waals surface area (Å²) in [6, 6.07) is 47.5. The zero-order valence-corrected chi connectivity index (χ0v) is 32.4. The zero-order chi connectivity index (χ0) is 35.5. The van der Waals surface area contributed by atoms with Gasteiger partial charge < -0.3 is 4.74 Å². The number of pyridine rings is 2. The van der Waals surface area contributed by atoms with Gasteiger partial charge in [-0.1, -0.05) is 102 Å². The Labute approximate surface area is 320 Å². The summed E-state index contributed by atoms with van der Waals surface area (Å²) in [4.78, 5) is 9.85. The fourth-order valence-corrected chi connectivity index (χ4v) is 7.29. The molecule has 0 unspecified atom stereocenters. The number of ether oxygens (including phenoxy) is 1. The summed E-state index contributed by atoms with van der Waals surface area (Å²) in [5.74, 6) is 0.842. The van der Waals surface area contributed by atoms with Crippen molar-refractivity contribution in [2.75, 3.05) is 0 Å². The Morgan fingerprint density at radius 3 is 1.92 bits per heavy atom. The van der Waals surface area contributed by atoms with Crippen molar-refractivity contribution < 1.29 is 30.2 Å². The number of hydrogen-bond acceptors (Lipinski definition) is 3. The van der Waals surface area contributed by atoms with E-state index in [1.54, 1.807) is 6.07 Å². The van der Waals surface area contributed by atoms with E-state index in [9.17, 15) is 4.39 Å². The third kappa shape index (κ3) is 6.18. The van der Waals surface area contributed by atoms with Crippen LogP contribution in [0.15, 0.2) is 128 Å². The van der Waals surface area contributed by atoms with E-state index >= 15 is 0 Å². The average Bonchev–Trinajstić information content (AvgIpc) is 3.41. The molecule has 1 aliphatic rings. The summed E-state index contributed by atoms with van der Waals surface area (Å²) < 4.78 is 20.3. The van der Waals surface area contributed by atoms with Crippen molar-refractivity contribution in [1.29, 1.82) is 0 Å². The molecule has 3 nitrogen and oxygen atoms in total. The molecule has 2 heterocycles. The van der Waals surface area contributed by atoms with Gasteiger partial charge in [-0.15, -0.1) is 41.5 Å². The molecule has 8 rings (SSSR count). The fourth-order valence-electron chi connectivity index (χ4n) is 7.29. The monoisotopic (exact) mass is 861 g/mol. The normalized spacial score (nSPS) is 13.3. The molecular formula is C47H39FN2OPt. The number of fused-ring (bicyclic) bond motifs is 4. The Morgan fingerprint density at radius 2 is 1.29 bits per heavy atom. The van der Waals surface area contributed by atoms with E-state index in [1.165, 1.54) is 45.5 Å². The predicted molar refractivity (Wildman–Crippen MR) is 204 cm³/mol. The maximum absolute atomic E-state index is 13.8. The first-order chi connectivity index (χ1) is 24.4. The van der Waals surface area contributed by atoms with Crippen LogP contribution in [-0.4, -0.2) is 9.97 Å². The largest absolute Gasteiger partial charge is 2.00 e. The number of hydrogen-bond donors (Lipinski definition) is 0. The molecule has 0 spiro atoms. The van der Waals surface area contributed by atoms with Crippen LogP contribution in [0.1, 0.15) is 75.1 Å². The van der Waals surface area contributed by atoms with Crippen LogP contribution < -0.4 is 4.74 Å². The van der Waals surface area contributed by atoms with E-state index in [4.69, 9.17) is 14.7 Å². The summed E-state index contributed by atoms with van der Waals surface area (Å²) in [7, 11) is 0. The number of aromatic nitrogens is 2. The van der Waals surface area contributed by atoms with Crippen molar-refractivity contribution >= 4 is 10.9 Å². The van der Waals surface area contributed by atoms with E-state index in [-0.39, 0.29) is 37.7 Å². The SMILES string of the molecule is CC(C)(C)c1ccc2c(c1)C(c1[c-]c(Oc3[c-]c(-c4ccc5cc(F)ccc5n4)ccc3)ccc1)(c1ccccn1)c1cc(C(C)(C)C)ccc1-2.[Pt+2]. The number of benzene rings is 5. The molecule has 0 fully saturated rings. The number of nitrogens with zero attached hydrogens (tertiary/aromatic N) is 2. The molecule has 5 aromatic carbocycles. The number of rotatable bonds is 5. The minimum absolute atomic E-state index is 0. The quantitative estimate of drug-likeness (QED) is 0.162. The van der Waals surface area contributed by atoms with E-state index in [0.29, 0.717) is 11.5 Å². The average molecular weight is 862 g/mol. The zero-order valence-electron chi connectivity index (χ0n) is 30.1. The first-order valence-corrected chi connectivity index (χ1v) is 17.4. The van der Waals surface area contributed by atoms with E-state index < -0.39 is 5.41 Å². The molecular weight excluding hydrogens is 823 g/mol. The molecule has 0 radical (unpaired) electrons. The second-order valence-corrected chi connectivity index (χ2v) is 15.5. The summed E-state index contributed by atoms with van der Waals surface area (Å²) >= 11 is 0. The predicted octanol–water partition coefficient (Wildman–Crippen LogP) is 11.8. The van der Waals surface area contributed by atoms with Gasteiger partial charge in [-0.25, -0.2) is 4.39 Å². The minimum Gasteiger partial charge on any atom is -0.503 e. The van der Waals surface area contributed by atoms with Gasteiger partial charge in [0.05, 0.1) is 16.6 Å². The summed E-state index contributed by atoms with van der Waals surface area (Å²) in [6.45, 7) is 13.6. The van der Waals surface area contributed by atoms with Crippen LogP contribution >= 0.6 is 0 Å². The van der Waals surface area contributed by atoms with Crippen LogP contribution in [0.5, 0.6) is 11.5 Å². The van der Waals surface area contributed by atoms with Gasteiger partial charge in [-0.05, 0) is 80.2 Å². The van der Waals surface area contributed by atoms with Gasteiger partial charge in [-0.2, -0.15) is 12.1 Å². The number of halogens is 1. The van der Waals surface area contributed by atoms with E-state index in [0.717, 1.165) is 33.4 Å². The molecule has 0 bridgehead atoms. The summed E-state index contributed by atoms with van der Waals surface area (Å²) in [6.07, 6.45) is 1.88. The van der Waals surface area contributed by atoms with Crippen LogP contribution in [0.2, 0.25) is 0 Å². The van der Waals surface area contributed by atoms with Gasteiger partial charge in [0.25, 0.3) is 0 Å². The van der Waals surface area contributed by atoms with Crippen LogP contribution in [-0.2, 0) is 37.3 Å². The molecule has 1 aliphatic carbocycles. The van der Waals surface area contributed by atoms with Crippen LogP contribution in [0.4, 0.5) is 4.39 Å². The third-order valence-corrected chi connectivity index (χ3v) is 10.0. The molecule has 7 aromatic rings. The molecule has 2 aromatic heterocycles. The Hall–Kier alpha value is -4.92. The van der Waals surface area contributed by atoms with Gasteiger partial charge in [-0.3, -0.25) is 9.97 Å². The summed E-state index contributed by atoms with van der Waals surface area (Å²) in [5, 5.41) is 0.749. The van der Waals surface area contributed by atoms with Crippen LogP contribution in [0.3, 0.4) is 0 Å². The van der Waals surface area contributed by atoms with E-state index in [1.807, 2.05) is 54.7 Å². The second kappa shape index (κ2) is 13.2. The Morgan fingerprint density at radius 1 is 0.635 bits per heavy atom. The van der Waals surface area contributed by atoms with Crippen molar-refractivity contribution in [3.8, 4) is 33.9 Å². The van der Waals surface area contributed by atoms with Gasteiger partial charge in [0, 0.05) is 23.1 Å². The Kier molecular flexibility index (Phi) is 9.04.